The van der Waals surface area contributed by atoms with Gasteiger partial charge in [0.05, 0.1) is 23.6 Å². The lowest BCUT2D eigenvalue weighted by molar-refractivity contribution is -0.133. The molecule has 0 aliphatic carbocycles. The Labute approximate surface area is 271 Å². The van der Waals surface area contributed by atoms with Crippen LogP contribution in [0.2, 0.25) is 13.1 Å². The lowest BCUT2D eigenvalue weighted by Crippen LogP contribution is -2.60. The Morgan fingerprint density at radius 1 is 0.848 bits per heavy atom. The van der Waals surface area contributed by atoms with Crippen LogP contribution in [0.5, 0.6) is 5.75 Å². The van der Waals surface area contributed by atoms with Gasteiger partial charge < -0.3 is 14.1 Å². The molecule has 1 saturated heterocycles. The van der Waals surface area contributed by atoms with E-state index in [1.54, 1.807) is 65.6 Å². The van der Waals surface area contributed by atoms with Crippen LogP contribution in [-0.2, 0) is 9.22 Å². The first kappa shape index (κ1) is 33.0. The predicted molar refractivity (Wildman–Crippen MR) is 180 cm³/mol. The number of allylic oxidation sites excluding steroid dienone is 1. The normalized spacial score (nSPS) is 17.5. The van der Waals surface area contributed by atoms with Gasteiger partial charge in [0, 0.05) is 5.69 Å². The average Bonchev–Trinajstić information content (AvgIpc) is 3.01. The quantitative estimate of drug-likeness (QED) is 0.0754. The number of amides is 1. The molecule has 3 atom stereocenters. The fourth-order valence-corrected chi connectivity index (χ4v) is 6.66. The van der Waals surface area contributed by atoms with Crippen molar-refractivity contribution < 1.29 is 27.5 Å². The van der Waals surface area contributed by atoms with Crippen LogP contribution in [-0.4, -0.2) is 27.0 Å². The molecule has 8 heteroatoms. The van der Waals surface area contributed by atoms with Gasteiger partial charge in [-0.3, -0.25) is 4.79 Å². The van der Waals surface area contributed by atoms with Crippen molar-refractivity contribution in [2.75, 3.05) is 4.90 Å². The number of ether oxygens (including phenoxy) is 1. The van der Waals surface area contributed by atoms with Crippen molar-refractivity contribution in [3.05, 3.63) is 138 Å². The molecule has 0 radical (unpaired) electrons. The summed E-state index contributed by atoms with van der Waals surface area (Å²) in [4.78, 5) is 28.4. The van der Waals surface area contributed by atoms with E-state index >= 15 is 0 Å². The van der Waals surface area contributed by atoms with Crippen LogP contribution in [0.3, 0.4) is 0 Å². The molecule has 1 aliphatic rings. The standard InChI is InChI=1S/C38H39F2NO4Si/c1-38(2,3)24-28(25-11-15-29(39)16-12-25)23-33(45-46(4)5)34-35(41(36(34)42)31-19-17-30(40)18-20-31)26-13-21-32(22-14-26)44-37(43)27-9-7-6-8-10-27/h6-23,33-35,46H,24H2,1-5H3/b28-23-/t33?,34-,35+/m0/s1. The molecule has 4 aromatic carbocycles. The van der Waals surface area contributed by atoms with Gasteiger partial charge in [-0.25, -0.2) is 13.6 Å². The molecule has 0 aromatic heterocycles. The second-order valence-electron chi connectivity index (χ2n) is 13.1. The van der Waals surface area contributed by atoms with E-state index in [1.165, 1.54) is 24.3 Å². The third kappa shape index (κ3) is 7.87. The highest BCUT2D eigenvalue weighted by Crippen LogP contribution is 2.47. The second-order valence-corrected chi connectivity index (χ2v) is 15.4. The molecule has 4 aromatic rings. The molecule has 1 unspecified atom stereocenters. The fourth-order valence-electron chi connectivity index (χ4n) is 5.78. The molecule has 0 N–H and O–H groups in total. The summed E-state index contributed by atoms with van der Waals surface area (Å²) in [5.74, 6) is -1.52. The molecule has 1 aliphatic heterocycles. The van der Waals surface area contributed by atoms with E-state index in [0.29, 0.717) is 23.4 Å². The van der Waals surface area contributed by atoms with Crippen molar-refractivity contribution in [2.24, 2.45) is 11.3 Å². The Morgan fingerprint density at radius 3 is 2.00 bits per heavy atom. The van der Waals surface area contributed by atoms with Gasteiger partial charge in [-0.2, -0.15) is 0 Å². The fraction of sp³-hybridized carbons (Fsp3) is 0.263. The molecule has 0 bridgehead atoms. The summed E-state index contributed by atoms with van der Waals surface area (Å²) in [5, 5.41) is 0. The number of rotatable bonds is 10. The SMILES string of the molecule is C[SiH](C)OC(/C=C(/CC(C)(C)C)c1ccc(F)cc1)[C@@H]1C(=O)N(c2ccc(F)cc2)[C@@H]1c1ccc(OC(=O)c2ccccc2)cc1. The van der Waals surface area contributed by atoms with Crippen LogP contribution in [0, 0.1) is 23.0 Å². The van der Waals surface area contributed by atoms with E-state index in [0.717, 1.165) is 16.7 Å². The molecule has 0 saturated carbocycles. The number of halogens is 2. The number of hydrogen-bond acceptors (Lipinski definition) is 4. The molecule has 46 heavy (non-hydrogen) atoms. The average molecular weight is 640 g/mol. The predicted octanol–water partition coefficient (Wildman–Crippen LogP) is 8.78. The molecule has 0 spiro atoms. The largest absolute Gasteiger partial charge is 0.423 e. The number of esters is 1. The number of nitrogens with zero attached hydrogens (tertiary/aromatic N) is 1. The van der Waals surface area contributed by atoms with Crippen molar-refractivity contribution in [3.8, 4) is 5.75 Å². The van der Waals surface area contributed by atoms with Crippen molar-refractivity contribution in [3.63, 3.8) is 0 Å². The topological polar surface area (TPSA) is 55.8 Å². The number of anilines is 1. The first-order valence-corrected chi connectivity index (χ1v) is 18.3. The summed E-state index contributed by atoms with van der Waals surface area (Å²) in [5.41, 5.74) is 3.59. The highest BCUT2D eigenvalue weighted by Gasteiger charge is 2.52. The summed E-state index contributed by atoms with van der Waals surface area (Å²) < 4.78 is 40.0. The highest BCUT2D eigenvalue weighted by atomic mass is 28.3. The Balaban J connectivity index is 1.53. The first-order valence-electron chi connectivity index (χ1n) is 15.5. The maximum absolute atomic E-state index is 14.1. The molecule has 5 rings (SSSR count). The van der Waals surface area contributed by atoms with Crippen LogP contribution in [0.15, 0.2) is 109 Å². The van der Waals surface area contributed by atoms with E-state index in [9.17, 15) is 18.4 Å². The van der Waals surface area contributed by atoms with Crippen molar-refractivity contribution in [2.45, 2.75) is 52.4 Å². The van der Waals surface area contributed by atoms with E-state index in [-0.39, 0.29) is 17.1 Å². The molecular formula is C38H39F2NO4Si. The highest BCUT2D eigenvalue weighted by molar-refractivity contribution is 6.48. The van der Waals surface area contributed by atoms with Crippen LogP contribution < -0.4 is 9.64 Å². The molecular weight excluding hydrogens is 601 g/mol. The lowest BCUT2D eigenvalue weighted by atomic mass is 9.76. The minimum Gasteiger partial charge on any atom is -0.423 e. The van der Waals surface area contributed by atoms with Gasteiger partial charge >= 0.3 is 5.97 Å². The summed E-state index contributed by atoms with van der Waals surface area (Å²) in [7, 11) is -1.66. The monoisotopic (exact) mass is 639 g/mol. The van der Waals surface area contributed by atoms with Gasteiger partial charge in [-0.15, -0.1) is 0 Å². The van der Waals surface area contributed by atoms with Gasteiger partial charge in [0.15, 0.2) is 9.04 Å². The molecule has 1 fully saturated rings. The maximum Gasteiger partial charge on any atom is 0.343 e. The Bertz CT molecular complexity index is 1680. The third-order valence-corrected chi connectivity index (χ3v) is 8.63. The third-order valence-electron chi connectivity index (χ3n) is 7.77. The maximum atomic E-state index is 14.1. The zero-order valence-electron chi connectivity index (χ0n) is 26.7. The number of benzene rings is 4. The Kier molecular flexibility index (Phi) is 9.99. The number of carbonyl (C=O) groups is 2. The van der Waals surface area contributed by atoms with Crippen LogP contribution in [0.1, 0.15) is 54.7 Å². The Morgan fingerprint density at radius 2 is 1.43 bits per heavy atom. The lowest BCUT2D eigenvalue weighted by Gasteiger charge is -2.50. The van der Waals surface area contributed by atoms with Crippen LogP contribution in [0.4, 0.5) is 14.5 Å². The summed E-state index contributed by atoms with van der Waals surface area (Å²) >= 11 is 0. The van der Waals surface area contributed by atoms with Gasteiger partial charge in [0.1, 0.15) is 17.4 Å². The molecule has 238 valence electrons. The van der Waals surface area contributed by atoms with Gasteiger partial charge in [0.2, 0.25) is 5.91 Å². The molecule has 1 amide bonds. The zero-order chi connectivity index (χ0) is 33.0. The van der Waals surface area contributed by atoms with E-state index in [1.807, 2.05) is 24.3 Å². The molecule has 1 heterocycles. The minimum atomic E-state index is -1.66. The second kappa shape index (κ2) is 13.9. The summed E-state index contributed by atoms with van der Waals surface area (Å²) in [6.07, 6.45) is 2.17. The van der Waals surface area contributed by atoms with E-state index in [4.69, 9.17) is 9.16 Å². The first-order chi connectivity index (χ1) is 21.9. The van der Waals surface area contributed by atoms with Crippen molar-refractivity contribution in [1.82, 2.24) is 0 Å². The smallest absolute Gasteiger partial charge is 0.343 e. The Hall–Kier alpha value is -4.40. The van der Waals surface area contributed by atoms with Crippen LogP contribution >= 0.6 is 0 Å². The van der Waals surface area contributed by atoms with Gasteiger partial charge in [0.25, 0.3) is 0 Å². The number of hydrogen-bond donors (Lipinski definition) is 0. The van der Waals surface area contributed by atoms with Crippen LogP contribution in [0.25, 0.3) is 5.57 Å². The molecule has 5 nitrogen and oxygen atoms in total. The van der Waals surface area contributed by atoms with E-state index < -0.39 is 38.9 Å². The number of carbonyl (C=O) groups excluding carboxylic acids is 2. The minimum absolute atomic E-state index is 0.0871. The number of β-lactam (4-membered cyclic amide) rings is 1. The van der Waals surface area contributed by atoms with Gasteiger partial charge in [-0.05, 0) is 102 Å². The zero-order valence-corrected chi connectivity index (χ0v) is 27.9. The van der Waals surface area contributed by atoms with E-state index in [2.05, 4.69) is 33.9 Å². The summed E-state index contributed by atoms with van der Waals surface area (Å²) in [6.45, 7) is 10.5. The van der Waals surface area contributed by atoms with Gasteiger partial charge in [-0.1, -0.05) is 69.3 Å². The van der Waals surface area contributed by atoms with Crippen molar-refractivity contribution in [1.29, 1.82) is 0 Å². The van der Waals surface area contributed by atoms with Crippen molar-refractivity contribution >= 4 is 32.2 Å². The summed E-state index contributed by atoms with van der Waals surface area (Å²) in [6, 6.07) is 27.7.